The minimum atomic E-state index is -0.223. The maximum atomic E-state index is 11.3. The van der Waals surface area contributed by atoms with Crippen molar-refractivity contribution in [2.75, 3.05) is 13.1 Å². The highest BCUT2D eigenvalue weighted by molar-refractivity contribution is 5.79. The number of carbonyl (C=O) groups excluding carboxylic acids is 1. The molecule has 3 rings (SSSR count). The third-order valence-corrected chi connectivity index (χ3v) is 5.06. The monoisotopic (exact) mass is 290 g/mol. The van der Waals surface area contributed by atoms with Crippen molar-refractivity contribution in [1.29, 1.82) is 0 Å². The molecule has 2 N–H and O–H groups in total. The number of hydrogen-bond acceptors (Lipinski definition) is 3. The molecule has 0 bridgehead atoms. The molecule has 1 saturated carbocycles. The quantitative estimate of drug-likeness (QED) is 0.900. The Labute approximate surface area is 126 Å². The fourth-order valence-corrected chi connectivity index (χ4v) is 3.47. The molecular weight excluding hydrogens is 264 g/mol. The first-order valence-corrected chi connectivity index (χ1v) is 8.21. The summed E-state index contributed by atoms with van der Waals surface area (Å²) in [5, 5.41) is 4.68. The highest BCUT2D eigenvalue weighted by Gasteiger charge is 2.33. The fraction of sp³-hybridized carbons (Fsp3) is 0.750. The summed E-state index contributed by atoms with van der Waals surface area (Å²) in [4.78, 5) is 13.5. The van der Waals surface area contributed by atoms with Crippen LogP contribution in [0, 0.1) is 0 Å². The lowest BCUT2D eigenvalue weighted by Gasteiger charge is -2.35. The molecule has 2 aliphatic rings. The summed E-state index contributed by atoms with van der Waals surface area (Å²) in [5.41, 5.74) is 8.31. The van der Waals surface area contributed by atoms with Gasteiger partial charge >= 0.3 is 0 Å². The minimum Gasteiger partial charge on any atom is -0.368 e. The highest BCUT2D eigenvalue weighted by atomic mass is 16.1. The van der Waals surface area contributed by atoms with Crippen LogP contribution < -0.4 is 5.73 Å². The van der Waals surface area contributed by atoms with Gasteiger partial charge in [0, 0.05) is 24.7 Å². The molecule has 0 aromatic carbocycles. The van der Waals surface area contributed by atoms with Crippen molar-refractivity contribution in [3.63, 3.8) is 0 Å². The second-order valence-electron chi connectivity index (χ2n) is 6.47. The van der Waals surface area contributed by atoms with Gasteiger partial charge in [-0.1, -0.05) is 6.92 Å². The van der Waals surface area contributed by atoms with E-state index in [0.29, 0.717) is 6.04 Å². The smallest absolute Gasteiger partial charge is 0.234 e. The summed E-state index contributed by atoms with van der Waals surface area (Å²) < 4.78 is 2.29. The molecule has 1 saturated heterocycles. The molecule has 1 aromatic rings. The SMILES string of the molecule is CCc1cnn(C2CCN(C(C)C(N)=O)CC2)c1C1CC1. The molecule has 21 heavy (non-hydrogen) atoms. The summed E-state index contributed by atoms with van der Waals surface area (Å²) in [5.74, 6) is 0.518. The van der Waals surface area contributed by atoms with E-state index < -0.39 is 0 Å². The van der Waals surface area contributed by atoms with Gasteiger partial charge in [-0.15, -0.1) is 0 Å². The largest absolute Gasteiger partial charge is 0.368 e. The van der Waals surface area contributed by atoms with Gasteiger partial charge in [-0.2, -0.15) is 5.10 Å². The van der Waals surface area contributed by atoms with Crippen LogP contribution in [0.15, 0.2) is 6.20 Å². The number of rotatable bonds is 5. The summed E-state index contributed by atoms with van der Waals surface area (Å²) in [6, 6.07) is 0.329. The van der Waals surface area contributed by atoms with E-state index in [1.165, 1.54) is 24.1 Å². The summed E-state index contributed by atoms with van der Waals surface area (Å²) >= 11 is 0. The van der Waals surface area contributed by atoms with Gasteiger partial charge in [-0.05, 0) is 44.6 Å². The number of hydrogen-bond donors (Lipinski definition) is 1. The van der Waals surface area contributed by atoms with Crippen molar-refractivity contribution < 1.29 is 4.79 Å². The minimum absolute atomic E-state index is 0.155. The average Bonchev–Trinajstić information content (AvgIpc) is 3.25. The Morgan fingerprint density at radius 3 is 2.57 bits per heavy atom. The van der Waals surface area contributed by atoms with Crippen molar-refractivity contribution >= 4 is 5.91 Å². The zero-order valence-electron chi connectivity index (χ0n) is 13.1. The van der Waals surface area contributed by atoms with Crippen molar-refractivity contribution in [2.45, 2.75) is 64.0 Å². The Kier molecular flexibility index (Phi) is 4.02. The van der Waals surface area contributed by atoms with Crippen LogP contribution in [0.3, 0.4) is 0 Å². The van der Waals surface area contributed by atoms with Crippen molar-refractivity contribution in [3.05, 3.63) is 17.5 Å². The number of amides is 1. The lowest BCUT2D eigenvalue weighted by molar-refractivity contribution is -0.123. The van der Waals surface area contributed by atoms with E-state index in [9.17, 15) is 4.79 Å². The predicted octanol–water partition coefficient (Wildman–Crippen LogP) is 1.83. The number of carbonyl (C=O) groups is 1. The lowest BCUT2D eigenvalue weighted by Crippen LogP contribution is -2.46. The van der Waals surface area contributed by atoms with Crippen LogP contribution in [0.5, 0.6) is 0 Å². The van der Waals surface area contributed by atoms with Gasteiger partial charge in [0.2, 0.25) is 5.91 Å². The van der Waals surface area contributed by atoms with Crippen LogP contribution in [0.4, 0.5) is 0 Å². The second-order valence-corrected chi connectivity index (χ2v) is 6.47. The van der Waals surface area contributed by atoms with Crippen LogP contribution in [0.1, 0.15) is 62.7 Å². The van der Waals surface area contributed by atoms with E-state index in [1.54, 1.807) is 0 Å². The number of likely N-dealkylation sites (tertiary alicyclic amines) is 1. The van der Waals surface area contributed by atoms with E-state index in [4.69, 9.17) is 5.73 Å². The van der Waals surface area contributed by atoms with Crippen LogP contribution in [-0.2, 0) is 11.2 Å². The molecule has 5 heteroatoms. The van der Waals surface area contributed by atoms with Crippen molar-refractivity contribution in [1.82, 2.24) is 14.7 Å². The number of nitrogens with two attached hydrogens (primary N) is 1. The zero-order chi connectivity index (χ0) is 15.0. The first-order chi connectivity index (χ1) is 10.1. The molecule has 2 fully saturated rings. The van der Waals surface area contributed by atoms with E-state index in [-0.39, 0.29) is 11.9 Å². The topological polar surface area (TPSA) is 64.2 Å². The van der Waals surface area contributed by atoms with E-state index in [1.807, 2.05) is 6.92 Å². The maximum Gasteiger partial charge on any atom is 0.234 e. The van der Waals surface area contributed by atoms with Crippen LogP contribution in [-0.4, -0.2) is 39.7 Å². The Morgan fingerprint density at radius 1 is 1.38 bits per heavy atom. The Morgan fingerprint density at radius 2 is 2.05 bits per heavy atom. The van der Waals surface area contributed by atoms with Gasteiger partial charge in [-0.25, -0.2) is 0 Å². The van der Waals surface area contributed by atoms with Crippen LogP contribution in [0.25, 0.3) is 0 Å². The van der Waals surface area contributed by atoms with E-state index in [2.05, 4.69) is 27.8 Å². The third kappa shape index (κ3) is 2.84. The Balaban J connectivity index is 1.70. The first kappa shape index (κ1) is 14.6. The molecule has 1 atom stereocenters. The number of aromatic nitrogens is 2. The number of primary amides is 1. The molecule has 5 nitrogen and oxygen atoms in total. The molecule has 1 amide bonds. The molecule has 0 spiro atoms. The van der Waals surface area contributed by atoms with Crippen LogP contribution >= 0.6 is 0 Å². The zero-order valence-corrected chi connectivity index (χ0v) is 13.1. The van der Waals surface area contributed by atoms with Crippen LogP contribution in [0.2, 0.25) is 0 Å². The van der Waals surface area contributed by atoms with Gasteiger partial charge in [-0.3, -0.25) is 14.4 Å². The van der Waals surface area contributed by atoms with Gasteiger partial charge in [0.1, 0.15) is 0 Å². The second kappa shape index (κ2) is 5.79. The van der Waals surface area contributed by atoms with Gasteiger partial charge in [0.15, 0.2) is 0 Å². The number of nitrogens with zero attached hydrogens (tertiary/aromatic N) is 3. The van der Waals surface area contributed by atoms with Crippen molar-refractivity contribution in [2.24, 2.45) is 5.73 Å². The molecule has 0 radical (unpaired) electrons. The van der Waals surface area contributed by atoms with Crippen molar-refractivity contribution in [3.8, 4) is 0 Å². The summed E-state index contributed by atoms with van der Waals surface area (Å²) in [6.07, 6.45) is 7.88. The third-order valence-electron chi connectivity index (χ3n) is 5.06. The molecule has 1 aliphatic heterocycles. The van der Waals surface area contributed by atoms with E-state index >= 15 is 0 Å². The molecule has 1 aromatic heterocycles. The molecule has 1 aliphatic carbocycles. The first-order valence-electron chi connectivity index (χ1n) is 8.21. The lowest BCUT2D eigenvalue weighted by atomic mass is 10.0. The summed E-state index contributed by atoms with van der Waals surface area (Å²) in [7, 11) is 0. The van der Waals surface area contributed by atoms with Gasteiger partial charge in [0.05, 0.1) is 18.3 Å². The molecule has 2 heterocycles. The maximum absolute atomic E-state index is 11.3. The fourth-order valence-electron chi connectivity index (χ4n) is 3.47. The van der Waals surface area contributed by atoms with Gasteiger partial charge < -0.3 is 5.73 Å². The standard InChI is InChI=1S/C16H26N4O/c1-3-12-10-18-20(15(12)13-4-5-13)14-6-8-19(9-7-14)11(2)16(17)21/h10-11,13-14H,3-9H2,1-2H3,(H2,17,21). The normalized spacial score (nSPS) is 22.4. The summed E-state index contributed by atoms with van der Waals surface area (Å²) in [6.45, 7) is 5.98. The Bertz CT molecular complexity index is 512. The number of piperidine rings is 1. The van der Waals surface area contributed by atoms with E-state index in [0.717, 1.165) is 38.3 Å². The molecule has 1 unspecified atom stereocenters. The average molecular weight is 290 g/mol. The number of aryl methyl sites for hydroxylation is 1. The predicted molar refractivity (Wildman–Crippen MR) is 82.1 cm³/mol. The highest BCUT2D eigenvalue weighted by Crippen LogP contribution is 2.43. The molecule has 116 valence electrons. The Hall–Kier alpha value is -1.36. The molecular formula is C16H26N4O. The van der Waals surface area contributed by atoms with Gasteiger partial charge in [0.25, 0.3) is 0 Å².